The van der Waals surface area contributed by atoms with E-state index in [4.69, 9.17) is 5.73 Å². The minimum absolute atomic E-state index is 0. The van der Waals surface area contributed by atoms with E-state index < -0.39 is 5.54 Å². The van der Waals surface area contributed by atoms with Gasteiger partial charge in [0.1, 0.15) is 5.54 Å². The highest BCUT2D eigenvalue weighted by Crippen LogP contribution is 2.34. The fourth-order valence-electron chi connectivity index (χ4n) is 3.60. The van der Waals surface area contributed by atoms with Crippen LogP contribution in [0.3, 0.4) is 0 Å². The Morgan fingerprint density at radius 2 is 1.81 bits per heavy atom. The SMILES string of the molecule is Cl.NCC(NC(=O)C1(NC(=O)NCc2ccccc2)CCCC1)C1CC1. The Bertz CT molecular complexity index is 601. The molecule has 1 aromatic carbocycles. The molecule has 1 atom stereocenters. The standard InChI is InChI=1S/C19H28N4O2.ClH/c20-12-16(15-8-9-15)22-17(24)19(10-4-5-11-19)23-18(25)21-13-14-6-2-1-3-7-14;/h1-3,6-7,15-16H,4-5,8-13,20H2,(H,22,24)(H2,21,23,25);1H. The monoisotopic (exact) mass is 380 g/mol. The highest BCUT2D eigenvalue weighted by molar-refractivity contribution is 5.91. The Balaban J connectivity index is 0.00000243. The molecular formula is C19H29ClN4O2. The van der Waals surface area contributed by atoms with Gasteiger partial charge < -0.3 is 21.7 Å². The van der Waals surface area contributed by atoms with E-state index in [0.717, 1.165) is 31.2 Å². The lowest BCUT2D eigenvalue weighted by Gasteiger charge is -2.31. The molecule has 2 aliphatic rings. The summed E-state index contributed by atoms with van der Waals surface area (Å²) in [4.78, 5) is 25.2. The largest absolute Gasteiger partial charge is 0.350 e. The van der Waals surface area contributed by atoms with Crippen LogP contribution in [-0.2, 0) is 11.3 Å². The molecule has 1 aromatic rings. The maximum Gasteiger partial charge on any atom is 0.315 e. The lowest BCUT2D eigenvalue weighted by atomic mass is 9.95. The van der Waals surface area contributed by atoms with Gasteiger partial charge in [-0.05, 0) is 37.2 Å². The minimum Gasteiger partial charge on any atom is -0.350 e. The average molecular weight is 381 g/mol. The number of rotatable bonds is 7. The van der Waals surface area contributed by atoms with Gasteiger partial charge in [-0.25, -0.2) is 4.79 Å². The summed E-state index contributed by atoms with van der Waals surface area (Å²) >= 11 is 0. The van der Waals surface area contributed by atoms with Gasteiger partial charge in [0.15, 0.2) is 0 Å². The summed E-state index contributed by atoms with van der Waals surface area (Å²) in [5.41, 5.74) is 6.03. The molecule has 0 saturated heterocycles. The molecule has 2 aliphatic carbocycles. The normalized spacial score (nSPS) is 19.1. The van der Waals surface area contributed by atoms with Crippen LogP contribution < -0.4 is 21.7 Å². The fourth-order valence-corrected chi connectivity index (χ4v) is 3.60. The maximum atomic E-state index is 12.9. The maximum absolute atomic E-state index is 12.9. The third-order valence-corrected chi connectivity index (χ3v) is 5.30. The van der Waals surface area contributed by atoms with E-state index in [1.54, 1.807) is 0 Å². The number of halogens is 1. The van der Waals surface area contributed by atoms with Crippen molar-refractivity contribution in [2.24, 2.45) is 11.7 Å². The summed E-state index contributed by atoms with van der Waals surface area (Å²) in [5.74, 6) is 0.418. The summed E-state index contributed by atoms with van der Waals surface area (Å²) in [7, 11) is 0. The van der Waals surface area contributed by atoms with Gasteiger partial charge >= 0.3 is 6.03 Å². The van der Waals surface area contributed by atoms with E-state index >= 15 is 0 Å². The molecule has 3 rings (SSSR count). The molecule has 0 heterocycles. The number of nitrogens with two attached hydrogens (primary N) is 1. The molecule has 26 heavy (non-hydrogen) atoms. The average Bonchev–Trinajstić information content (AvgIpc) is 3.37. The van der Waals surface area contributed by atoms with Crippen LogP contribution in [0, 0.1) is 5.92 Å². The van der Waals surface area contributed by atoms with Crippen LogP contribution in [0.15, 0.2) is 30.3 Å². The molecule has 2 saturated carbocycles. The van der Waals surface area contributed by atoms with Crippen LogP contribution in [0.5, 0.6) is 0 Å². The Kier molecular flexibility index (Phi) is 7.29. The predicted octanol–water partition coefficient (Wildman–Crippen LogP) is 2.07. The Morgan fingerprint density at radius 1 is 1.15 bits per heavy atom. The molecular weight excluding hydrogens is 352 g/mol. The van der Waals surface area contributed by atoms with Crippen molar-refractivity contribution in [2.75, 3.05) is 6.54 Å². The zero-order valence-corrected chi connectivity index (χ0v) is 15.8. The lowest BCUT2D eigenvalue weighted by molar-refractivity contribution is -0.128. The summed E-state index contributed by atoms with van der Waals surface area (Å²) in [6.07, 6.45) is 5.51. The molecule has 0 aromatic heterocycles. The van der Waals surface area contributed by atoms with Gasteiger partial charge in [0, 0.05) is 19.1 Å². The van der Waals surface area contributed by atoms with Gasteiger partial charge in [0.2, 0.25) is 5.91 Å². The molecule has 6 nitrogen and oxygen atoms in total. The molecule has 0 bridgehead atoms. The van der Waals surface area contributed by atoms with E-state index in [-0.39, 0.29) is 30.4 Å². The molecule has 1 unspecified atom stereocenters. The number of carbonyl (C=O) groups is 2. The Labute approximate surface area is 161 Å². The van der Waals surface area contributed by atoms with Gasteiger partial charge in [-0.3, -0.25) is 4.79 Å². The van der Waals surface area contributed by atoms with Crippen LogP contribution in [0.2, 0.25) is 0 Å². The number of hydrogen-bond donors (Lipinski definition) is 4. The first-order valence-electron chi connectivity index (χ1n) is 9.24. The fraction of sp³-hybridized carbons (Fsp3) is 0.579. The van der Waals surface area contributed by atoms with Crippen LogP contribution in [-0.4, -0.2) is 30.1 Å². The summed E-state index contributed by atoms with van der Waals surface area (Å²) in [6.45, 7) is 0.893. The zero-order valence-electron chi connectivity index (χ0n) is 15.0. The van der Waals surface area contributed by atoms with Crippen molar-refractivity contribution in [3.8, 4) is 0 Å². The second kappa shape index (κ2) is 9.24. The predicted molar refractivity (Wildman–Crippen MR) is 104 cm³/mol. The van der Waals surface area contributed by atoms with Gasteiger partial charge in [0.05, 0.1) is 0 Å². The number of amides is 3. The first-order chi connectivity index (χ1) is 12.1. The quantitative estimate of drug-likeness (QED) is 0.583. The van der Waals surface area contributed by atoms with Crippen molar-refractivity contribution in [1.29, 1.82) is 0 Å². The summed E-state index contributed by atoms with van der Waals surface area (Å²) in [6, 6.07) is 9.46. The van der Waals surface area contributed by atoms with E-state index in [2.05, 4.69) is 16.0 Å². The van der Waals surface area contributed by atoms with E-state index in [9.17, 15) is 9.59 Å². The number of benzene rings is 1. The minimum atomic E-state index is -0.802. The summed E-state index contributed by atoms with van der Waals surface area (Å²) < 4.78 is 0. The van der Waals surface area contributed by atoms with Gasteiger partial charge in [-0.15, -0.1) is 12.4 Å². The van der Waals surface area contributed by atoms with Crippen LogP contribution >= 0.6 is 12.4 Å². The Morgan fingerprint density at radius 3 is 2.38 bits per heavy atom. The molecule has 0 aliphatic heterocycles. The van der Waals surface area contributed by atoms with Gasteiger partial charge in [-0.1, -0.05) is 43.2 Å². The third-order valence-electron chi connectivity index (χ3n) is 5.30. The highest BCUT2D eigenvalue weighted by atomic mass is 35.5. The lowest BCUT2D eigenvalue weighted by Crippen LogP contribution is -2.61. The number of carbonyl (C=O) groups excluding carboxylic acids is 2. The van der Waals surface area contributed by atoms with Crippen molar-refractivity contribution in [3.05, 3.63) is 35.9 Å². The number of nitrogens with one attached hydrogen (secondary N) is 3. The van der Waals surface area contributed by atoms with E-state index in [1.165, 1.54) is 0 Å². The smallest absolute Gasteiger partial charge is 0.315 e. The molecule has 7 heteroatoms. The number of hydrogen-bond acceptors (Lipinski definition) is 3. The van der Waals surface area contributed by atoms with Crippen molar-refractivity contribution < 1.29 is 9.59 Å². The molecule has 144 valence electrons. The highest BCUT2D eigenvalue weighted by Gasteiger charge is 2.44. The second-order valence-electron chi connectivity index (χ2n) is 7.24. The van der Waals surface area contributed by atoms with E-state index in [0.29, 0.717) is 31.8 Å². The first kappa shape index (κ1) is 20.5. The molecule has 2 fully saturated rings. The van der Waals surface area contributed by atoms with Crippen LogP contribution in [0.25, 0.3) is 0 Å². The van der Waals surface area contributed by atoms with Gasteiger partial charge in [0.25, 0.3) is 0 Å². The van der Waals surface area contributed by atoms with Crippen LogP contribution in [0.1, 0.15) is 44.1 Å². The second-order valence-corrected chi connectivity index (χ2v) is 7.24. The van der Waals surface area contributed by atoms with Gasteiger partial charge in [-0.2, -0.15) is 0 Å². The molecule has 0 radical (unpaired) electrons. The molecule has 0 spiro atoms. The van der Waals surface area contributed by atoms with Crippen molar-refractivity contribution in [1.82, 2.24) is 16.0 Å². The molecule has 3 amide bonds. The van der Waals surface area contributed by atoms with Crippen LogP contribution in [0.4, 0.5) is 4.79 Å². The zero-order chi connectivity index (χ0) is 17.7. The molecule has 5 N–H and O–H groups in total. The third kappa shape index (κ3) is 5.11. The number of urea groups is 1. The Hall–Kier alpha value is -1.79. The first-order valence-corrected chi connectivity index (χ1v) is 9.24. The van der Waals surface area contributed by atoms with E-state index in [1.807, 2.05) is 30.3 Å². The van der Waals surface area contributed by atoms with Crippen molar-refractivity contribution in [3.63, 3.8) is 0 Å². The van der Waals surface area contributed by atoms with Crippen molar-refractivity contribution in [2.45, 2.75) is 56.7 Å². The topological polar surface area (TPSA) is 96.2 Å². The van der Waals surface area contributed by atoms with Crippen molar-refractivity contribution >= 4 is 24.3 Å². The summed E-state index contributed by atoms with van der Waals surface area (Å²) in [5, 5.41) is 8.89.